The normalized spacial score (nSPS) is 15.1. The van der Waals surface area contributed by atoms with Crippen molar-refractivity contribution in [1.82, 2.24) is 14.3 Å². The Balaban J connectivity index is 1.45. The number of rotatable bonds is 6. The predicted molar refractivity (Wildman–Crippen MR) is 107 cm³/mol. The number of methoxy groups -OCH3 is 2. The van der Waals surface area contributed by atoms with Crippen LogP contribution in [0.2, 0.25) is 0 Å². The number of hydrogen-bond acceptors (Lipinski definition) is 8. The van der Waals surface area contributed by atoms with Gasteiger partial charge >= 0.3 is 5.82 Å². The van der Waals surface area contributed by atoms with E-state index in [2.05, 4.69) is 9.88 Å². The summed E-state index contributed by atoms with van der Waals surface area (Å²) in [6, 6.07) is 5.92. The van der Waals surface area contributed by atoms with Gasteiger partial charge in [-0.2, -0.15) is 9.38 Å². The number of aromatic nitrogens is 2. The van der Waals surface area contributed by atoms with Gasteiger partial charge in [-0.05, 0) is 22.6 Å². The van der Waals surface area contributed by atoms with Gasteiger partial charge in [0.2, 0.25) is 5.82 Å². The molecule has 1 saturated heterocycles. The van der Waals surface area contributed by atoms with Gasteiger partial charge in [0.25, 0.3) is 4.96 Å². The molecule has 3 aromatic rings. The number of thiazole rings is 1. The Labute approximate surface area is 165 Å². The van der Waals surface area contributed by atoms with Crippen molar-refractivity contribution in [2.24, 2.45) is 0 Å². The number of anilines is 1. The molecule has 10 heteroatoms. The summed E-state index contributed by atoms with van der Waals surface area (Å²) in [5.41, 5.74) is 1.14. The molecule has 148 valence electrons. The second kappa shape index (κ2) is 7.64. The first-order chi connectivity index (χ1) is 13.6. The van der Waals surface area contributed by atoms with Crippen LogP contribution in [-0.2, 0) is 6.54 Å². The van der Waals surface area contributed by atoms with Crippen molar-refractivity contribution in [2.45, 2.75) is 6.54 Å². The van der Waals surface area contributed by atoms with Crippen molar-refractivity contribution in [1.29, 1.82) is 0 Å². The topological polar surface area (TPSA) is 85.4 Å². The number of piperazine rings is 1. The highest BCUT2D eigenvalue weighted by atomic mass is 32.1. The molecule has 9 nitrogen and oxygen atoms in total. The van der Waals surface area contributed by atoms with Crippen LogP contribution in [0.5, 0.6) is 11.5 Å². The number of imidazole rings is 1. The van der Waals surface area contributed by atoms with Crippen LogP contribution in [-0.4, -0.2) is 59.6 Å². The van der Waals surface area contributed by atoms with E-state index in [1.54, 1.807) is 30.2 Å². The molecule has 0 spiro atoms. The van der Waals surface area contributed by atoms with Crippen molar-refractivity contribution < 1.29 is 14.4 Å². The van der Waals surface area contributed by atoms with Crippen LogP contribution in [0.4, 0.5) is 11.6 Å². The Morgan fingerprint density at radius 3 is 2.61 bits per heavy atom. The summed E-state index contributed by atoms with van der Waals surface area (Å²) < 4.78 is 12.2. The number of nitro groups is 1. The monoisotopic (exact) mass is 403 g/mol. The molecule has 1 aliphatic heterocycles. The lowest BCUT2D eigenvalue weighted by Gasteiger charge is -2.34. The second-order valence-electron chi connectivity index (χ2n) is 6.52. The third kappa shape index (κ3) is 3.36. The Morgan fingerprint density at radius 2 is 1.93 bits per heavy atom. The van der Waals surface area contributed by atoms with Crippen LogP contribution in [0.15, 0.2) is 29.8 Å². The van der Waals surface area contributed by atoms with Gasteiger partial charge in [0.1, 0.15) is 6.20 Å². The highest BCUT2D eigenvalue weighted by Crippen LogP contribution is 2.32. The minimum atomic E-state index is -0.349. The first-order valence-electron chi connectivity index (χ1n) is 8.89. The first-order valence-corrected chi connectivity index (χ1v) is 9.77. The maximum absolute atomic E-state index is 11.5. The lowest BCUT2D eigenvalue weighted by molar-refractivity contribution is -0.389. The number of hydrogen-bond donors (Lipinski definition) is 0. The zero-order chi connectivity index (χ0) is 19.7. The van der Waals surface area contributed by atoms with Gasteiger partial charge in [0.05, 0.1) is 14.2 Å². The van der Waals surface area contributed by atoms with E-state index in [9.17, 15) is 10.1 Å². The fourth-order valence-corrected chi connectivity index (χ4v) is 4.20. The third-order valence-electron chi connectivity index (χ3n) is 4.92. The highest BCUT2D eigenvalue weighted by molar-refractivity contribution is 7.15. The van der Waals surface area contributed by atoms with Gasteiger partial charge < -0.3 is 24.5 Å². The molecule has 0 radical (unpaired) electrons. The van der Waals surface area contributed by atoms with Gasteiger partial charge in [0.15, 0.2) is 11.5 Å². The van der Waals surface area contributed by atoms with Gasteiger partial charge in [-0.15, -0.1) is 0 Å². The zero-order valence-electron chi connectivity index (χ0n) is 15.7. The molecule has 0 N–H and O–H groups in total. The Hall–Kier alpha value is -2.85. The molecule has 2 aromatic heterocycles. The van der Waals surface area contributed by atoms with Crippen LogP contribution in [0, 0.1) is 10.1 Å². The van der Waals surface area contributed by atoms with E-state index in [4.69, 9.17) is 9.47 Å². The first kappa shape index (κ1) is 18.5. The maximum Gasteiger partial charge on any atom is 0.373 e. The Bertz CT molecular complexity index is 993. The van der Waals surface area contributed by atoms with Crippen molar-refractivity contribution in [3.8, 4) is 11.5 Å². The van der Waals surface area contributed by atoms with Crippen molar-refractivity contribution in [3.63, 3.8) is 0 Å². The fraction of sp³-hybridized carbons (Fsp3) is 0.389. The highest BCUT2D eigenvalue weighted by Gasteiger charge is 2.30. The molecule has 1 fully saturated rings. The quantitative estimate of drug-likeness (QED) is 0.462. The summed E-state index contributed by atoms with van der Waals surface area (Å²) in [6.45, 7) is 3.78. The number of ether oxygens (including phenoxy) is 2. The predicted octanol–water partition coefficient (Wildman–Crippen LogP) is 2.64. The Morgan fingerprint density at radius 1 is 1.18 bits per heavy atom. The molecule has 3 heterocycles. The van der Waals surface area contributed by atoms with Gasteiger partial charge in [-0.25, -0.2) is 0 Å². The molecule has 0 unspecified atom stereocenters. The van der Waals surface area contributed by atoms with E-state index < -0.39 is 0 Å². The van der Waals surface area contributed by atoms with Crippen molar-refractivity contribution in [2.75, 3.05) is 45.3 Å². The minimum absolute atomic E-state index is 0.0459. The van der Waals surface area contributed by atoms with Crippen molar-refractivity contribution >= 4 is 27.9 Å². The molecule has 0 aliphatic carbocycles. The number of nitrogens with zero attached hydrogens (tertiary/aromatic N) is 5. The van der Waals surface area contributed by atoms with Crippen LogP contribution in [0.1, 0.15) is 5.56 Å². The van der Waals surface area contributed by atoms with Crippen LogP contribution in [0.25, 0.3) is 4.96 Å². The van der Waals surface area contributed by atoms with Crippen LogP contribution < -0.4 is 14.4 Å². The number of benzene rings is 1. The van der Waals surface area contributed by atoms with Gasteiger partial charge in [-0.1, -0.05) is 17.4 Å². The molecular weight excluding hydrogens is 382 g/mol. The van der Waals surface area contributed by atoms with Gasteiger partial charge in [0, 0.05) is 38.1 Å². The van der Waals surface area contributed by atoms with E-state index in [0.717, 1.165) is 25.2 Å². The smallest absolute Gasteiger partial charge is 0.373 e. The summed E-state index contributed by atoms with van der Waals surface area (Å²) in [5.74, 6) is 1.93. The van der Waals surface area contributed by atoms with E-state index in [1.807, 2.05) is 23.1 Å². The molecule has 1 aromatic carbocycles. The van der Waals surface area contributed by atoms with Crippen LogP contribution >= 0.6 is 11.3 Å². The zero-order valence-corrected chi connectivity index (χ0v) is 16.5. The lowest BCUT2D eigenvalue weighted by atomic mass is 10.1. The van der Waals surface area contributed by atoms with E-state index in [0.29, 0.717) is 35.4 Å². The second-order valence-corrected chi connectivity index (χ2v) is 7.40. The van der Waals surface area contributed by atoms with Crippen LogP contribution in [0.3, 0.4) is 0 Å². The maximum atomic E-state index is 11.5. The Kier molecular flexibility index (Phi) is 5.05. The lowest BCUT2D eigenvalue weighted by Crippen LogP contribution is -2.46. The fourth-order valence-electron chi connectivity index (χ4n) is 3.50. The van der Waals surface area contributed by atoms with E-state index in [-0.39, 0.29) is 10.7 Å². The summed E-state index contributed by atoms with van der Waals surface area (Å²) >= 11 is 1.40. The summed E-state index contributed by atoms with van der Waals surface area (Å²) in [5, 5.41) is 13.4. The number of fused-ring (bicyclic) bond motifs is 1. The molecule has 0 atom stereocenters. The van der Waals surface area contributed by atoms with Crippen molar-refractivity contribution in [3.05, 3.63) is 45.5 Å². The molecule has 4 rings (SSSR count). The third-order valence-corrected chi connectivity index (χ3v) is 5.67. The largest absolute Gasteiger partial charge is 0.493 e. The standard InChI is InChI=1S/C18H21N5O4S/c1-26-14-4-3-13(11-15(14)27-2)12-20-5-7-21(8-6-20)16-17(23(24)25)22-9-10-28-18(22)19-16/h3-4,9-11H,5-8,12H2,1-2H3. The summed E-state index contributed by atoms with van der Waals surface area (Å²) in [6.07, 6.45) is 1.70. The SMILES string of the molecule is COc1ccc(CN2CCN(c3nc4sccn4c3[N+](=O)[O-])CC2)cc1OC. The average molecular weight is 403 g/mol. The minimum Gasteiger partial charge on any atom is -0.493 e. The summed E-state index contributed by atoms with van der Waals surface area (Å²) in [7, 11) is 3.25. The molecule has 1 aliphatic rings. The average Bonchev–Trinajstić information content (AvgIpc) is 3.29. The van der Waals surface area contributed by atoms with Gasteiger partial charge in [-0.3, -0.25) is 4.90 Å². The summed E-state index contributed by atoms with van der Waals surface area (Å²) in [4.78, 5) is 20.7. The molecular formula is C18H21N5O4S. The molecule has 0 bridgehead atoms. The molecule has 28 heavy (non-hydrogen) atoms. The van der Waals surface area contributed by atoms with E-state index >= 15 is 0 Å². The molecule has 0 amide bonds. The molecule has 0 saturated carbocycles. The van der Waals surface area contributed by atoms with E-state index in [1.165, 1.54) is 11.3 Å².